The van der Waals surface area contributed by atoms with Crippen LogP contribution in [0, 0.1) is 0 Å². The lowest BCUT2D eigenvalue weighted by Crippen LogP contribution is -2.61. The average molecular weight is 1220 g/mol. The van der Waals surface area contributed by atoms with Gasteiger partial charge in [-0.1, -0.05) is 166 Å². The molecule has 448 valence electrons. The van der Waals surface area contributed by atoms with Crippen LogP contribution in [0.4, 0.5) is 22.7 Å². The molecule has 89 heavy (non-hydrogen) atoms. The molecule has 4 heterocycles. The molecule has 10 nitrogen and oxygen atoms in total. The Morgan fingerprint density at radius 2 is 0.966 bits per heavy atom. The number of hydrogen-bond acceptors (Lipinski definition) is 10. The molecule has 10 aromatic rings. The van der Waals surface area contributed by atoms with E-state index in [2.05, 4.69) is 87.5 Å². The van der Waals surface area contributed by atoms with Crippen LogP contribution in [-0.2, 0) is 23.1 Å². The number of hydrogen-bond donors (Lipinski definition) is 0. The fraction of sp³-hybridized carbons (Fsp3) is 0.195. The molecule has 0 aromatic heterocycles. The maximum atomic E-state index is 13.1. The highest BCUT2D eigenvalue weighted by molar-refractivity contribution is 6.20. The Labute approximate surface area is 531 Å². The third kappa shape index (κ3) is 11.3. The fourth-order valence-corrected chi connectivity index (χ4v) is 12.8. The topological polar surface area (TPSA) is 102 Å². The Hall–Kier alpha value is -9.48. The van der Waals surface area contributed by atoms with Crippen molar-refractivity contribution < 1.29 is 28.5 Å². The zero-order valence-electron chi connectivity index (χ0n) is 49.9. The molecule has 0 bridgehead atoms. The molecular formula is C77H70Cl2N4O6. The van der Waals surface area contributed by atoms with E-state index in [0.717, 1.165) is 73.8 Å². The normalized spacial score (nSPS) is 17.7. The summed E-state index contributed by atoms with van der Waals surface area (Å²) in [6.07, 6.45) is 7.29. The summed E-state index contributed by atoms with van der Waals surface area (Å²) in [6.45, 7) is 12.4. The van der Waals surface area contributed by atoms with Gasteiger partial charge in [-0.2, -0.15) is 0 Å². The molecule has 0 saturated carbocycles. The van der Waals surface area contributed by atoms with Gasteiger partial charge >= 0.3 is 11.9 Å². The second-order valence-corrected chi connectivity index (χ2v) is 24.2. The van der Waals surface area contributed by atoms with Crippen LogP contribution >= 0.6 is 23.2 Å². The van der Waals surface area contributed by atoms with Crippen molar-refractivity contribution in [2.45, 2.75) is 81.5 Å². The van der Waals surface area contributed by atoms with Gasteiger partial charge in [0.15, 0.2) is 0 Å². The van der Waals surface area contributed by atoms with E-state index in [9.17, 15) is 9.59 Å². The van der Waals surface area contributed by atoms with Crippen molar-refractivity contribution in [1.29, 1.82) is 0 Å². The number of carbonyl (C=O) groups is 2. The Morgan fingerprint density at radius 1 is 0.551 bits per heavy atom. The van der Waals surface area contributed by atoms with Gasteiger partial charge in [-0.05, 0) is 157 Å². The minimum atomic E-state index is -0.764. The smallest absolute Gasteiger partial charge is 0.343 e. The van der Waals surface area contributed by atoms with Crippen LogP contribution in [0.5, 0.6) is 23.0 Å². The summed E-state index contributed by atoms with van der Waals surface area (Å²) in [5.74, 6) is 1.85. The first-order valence-electron chi connectivity index (χ1n) is 29.4. The molecule has 3 atom stereocenters. The van der Waals surface area contributed by atoms with Gasteiger partial charge in [0.2, 0.25) is 11.4 Å². The van der Waals surface area contributed by atoms with Crippen LogP contribution in [0.25, 0.3) is 27.6 Å². The molecule has 0 N–H and O–H groups in total. The molecule has 0 amide bonds. The first kappa shape index (κ1) is 61.2. The minimum Gasteiger partial charge on any atom is -0.459 e. The quantitative estimate of drug-likeness (QED) is 0.0758. The van der Waals surface area contributed by atoms with Crippen molar-refractivity contribution in [2.75, 3.05) is 23.9 Å². The van der Waals surface area contributed by atoms with E-state index in [0.29, 0.717) is 40.0 Å². The summed E-state index contributed by atoms with van der Waals surface area (Å²) in [7, 11) is 4.10. The summed E-state index contributed by atoms with van der Waals surface area (Å²) < 4.78 is 25.1. The van der Waals surface area contributed by atoms with Crippen LogP contribution in [0.15, 0.2) is 235 Å². The summed E-state index contributed by atoms with van der Waals surface area (Å²) in [5, 5.41) is 3.64. The Kier molecular flexibility index (Phi) is 17.2. The van der Waals surface area contributed by atoms with Crippen molar-refractivity contribution in [3.63, 3.8) is 0 Å². The number of likely N-dealkylation sites (N-methyl/N-ethyl adjacent to an activating group) is 2. The van der Waals surface area contributed by atoms with Gasteiger partial charge in [0.05, 0.1) is 39.8 Å². The lowest BCUT2D eigenvalue weighted by molar-refractivity contribution is 0.0725. The van der Waals surface area contributed by atoms with Crippen LogP contribution < -0.4 is 28.7 Å². The lowest BCUT2D eigenvalue weighted by Gasteiger charge is -2.45. The van der Waals surface area contributed by atoms with Gasteiger partial charge < -0.3 is 28.7 Å². The number of aryl methyl sites for hydroxylation is 1. The number of carbonyl (C=O) groups excluding carboxylic acids is 2. The van der Waals surface area contributed by atoms with Crippen molar-refractivity contribution in [1.82, 2.24) is 0 Å². The summed E-state index contributed by atoms with van der Waals surface area (Å²) in [4.78, 5) is 40.0. The molecule has 4 aliphatic rings. The first-order valence-corrected chi connectivity index (χ1v) is 30.3. The van der Waals surface area contributed by atoms with E-state index in [1.54, 1.807) is 18.2 Å². The predicted octanol–water partition coefficient (Wildman–Crippen LogP) is 19.2. The number of aliphatic imine (C=N–C) groups is 2. The first-order chi connectivity index (χ1) is 42.5. The highest BCUT2D eigenvalue weighted by Crippen LogP contribution is 2.56. The number of ether oxygens (including phenoxy) is 4. The van der Waals surface area contributed by atoms with Gasteiger partial charge in [-0.3, -0.25) is 9.98 Å². The zero-order valence-corrected chi connectivity index (χ0v) is 51.4. The minimum absolute atomic E-state index is 0. The molecule has 10 aromatic carbocycles. The highest BCUT2D eigenvalue weighted by atomic mass is 35.5. The molecule has 0 saturated heterocycles. The number of rotatable bonds is 10. The maximum Gasteiger partial charge on any atom is 0.343 e. The van der Waals surface area contributed by atoms with Crippen molar-refractivity contribution in [2.24, 2.45) is 9.98 Å². The number of esters is 2. The summed E-state index contributed by atoms with van der Waals surface area (Å²) >= 11 is 12.4. The van der Waals surface area contributed by atoms with Crippen molar-refractivity contribution in [3.8, 4) is 23.0 Å². The van der Waals surface area contributed by atoms with Crippen LogP contribution in [0.3, 0.4) is 0 Å². The second-order valence-electron chi connectivity index (χ2n) is 23.4. The van der Waals surface area contributed by atoms with Gasteiger partial charge in [0.25, 0.3) is 0 Å². The molecule has 0 radical (unpaired) electrons. The standard InChI is InChI=1S/C38H33ClN2O3.C30H25ClN2O3.C8H8.CH4/c1-37(2)31-11-7-8-12-33(31)41(3)38(37)24-40-35-30-23-29(20-18-26(30)19-22-34(35)44-38)43-36(42)28-16-13-25(14-17-28)15-21-32(39)27-9-5-4-6-10-27;1-29(2)24-6-4-5-7-25(24)33(3)30(29)18-32-27-23-16-22(14-12-20(23)13-15-26(27)36-30)35-28(34)21-10-8-19(17-31)9-11-21;1-2-8-6-4-3-5-7-8;/h4-14,16-20,22-24,32H,15,21H2,1-3H3;4-16,18H,17H2,1-3H3;2-7H,1H2;1H4. The largest absolute Gasteiger partial charge is 0.459 e. The zero-order chi connectivity index (χ0) is 61.4. The van der Waals surface area contributed by atoms with Gasteiger partial charge in [-0.15, -0.1) is 23.2 Å². The molecule has 14 rings (SSSR count). The van der Waals surface area contributed by atoms with Crippen LogP contribution in [0.2, 0.25) is 0 Å². The number of alkyl halides is 2. The average Bonchev–Trinajstić information content (AvgIpc) is 2.05. The van der Waals surface area contributed by atoms with E-state index < -0.39 is 23.4 Å². The van der Waals surface area contributed by atoms with Gasteiger partial charge in [-0.25, -0.2) is 9.59 Å². The van der Waals surface area contributed by atoms with E-state index in [4.69, 9.17) is 52.1 Å². The third-order valence-corrected chi connectivity index (χ3v) is 18.4. The number of fused-ring (bicyclic) bond motifs is 8. The van der Waals surface area contributed by atoms with Crippen LogP contribution in [-0.4, -0.2) is 49.9 Å². The van der Waals surface area contributed by atoms with E-state index in [1.165, 1.54) is 16.7 Å². The van der Waals surface area contributed by atoms with Crippen molar-refractivity contribution in [3.05, 3.63) is 269 Å². The summed E-state index contributed by atoms with van der Waals surface area (Å²) in [5.41, 5.74) is 9.27. The highest BCUT2D eigenvalue weighted by Gasteiger charge is 2.60. The van der Waals surface area contributed by atoms with Gasteiger partial charge in [0, 0.05) is 42.1 Å². The number of benzene rings is 10. The number of nitrogens with zero attached hydrogens (tertiary/aromatic N) is 4. The second kappa shape index (κ2) is 25.0. The SMILES string of the molecule is C.C=Cc1ccccc1.CN1c2ccccc2C(C)(C)C12C=Nc1c(ccc3ccc(OC(=O)c4ccc(CCC(Cl)c5ccccc5)cc4)cc13)O2.CN1c2ccccc2C(C)(C)C12C=Nc1c(ccc3ccc(OC(=O)c4ccc(CCl)cc4)cc13)O2. The molecule has 12 heteroatoms. The van der Waals surface area contributed by atoms with Crippen LogP contribution in [0.1, 0.15) is 101 Å². The number of halogens is 2. The molecule has 4 aliphatic heterocycles. The van der Waals surface area contributed by atoms with E-state index >= 15 is 0 Å². The third-order valence-electron chi connectivity index (χ3n) is 17.6. The maximum absolute atomic E-state index is 13.1. The molecule has 2 spiro atoms. The Bertz CT molecular complexity index is 4340. The number of para-hydroxylation sites is 2. The fourth-order valence-electron chi connectivity index (χ4n) is 12.4. The Morgan fingerprint density at radius 3 is 1.39 bits per heavy atom. The molecular weight excluding hydrogens is 1150 g/mol. The van der Waals surface area contributed by atoms with Gasteiger partial charge in [0.1, 0.15) is 34.4 Å². The van der Waals surface area contributed by atoms with E-state index in [-0.39, 0.29) is 23.6 Å². The molecule has 3 unspecified atom stereocenters. The van der Waals surface area contributed by atoms with Crippen molar-refractivity contribution >= 4 is 97.9 Å². The molecule has 0 fully saturated rings. The summed E-state index contributed by atoms with van der Waals surface area (Å²) in [6, 6.07) is 70.6. The molecule has 0 aliphatic carbocycles. The van der Waals surface area contributed by atoms with E-state index in [1.807, 2.05) is 189 Å². The Balaban J connectivity index is 0.000000164. The predicted molar refractivity (Wildman–Crippen MR) is 366 cm³/mol. The lowest BCUT2D eigenvalue weighted by atomic mass is 9.77. The number of anilines is 2. The monoisotopic (exact) mass is 1220 g/mol.